The van der Waals surface area contributed by atoms with E-state index in [0.29, 0.717) is 37.4 Å². The molecule has 1 amide bonds. The Morgan fingerprint density at radius 2 is 1.93 bits per heavy atom. The maximum Gasteiger partial charge on any atom is 0.281 e. The minimum Gasteiger partial charge on any atom is -0.383 e. The normalized spacial score (nSPS) is 11.9. The zero-order valence-electron chi connectivity index (χ0n) is 17.1. The van der Waals surface area contributed by atoms with Crippen LogP contribution in [0.2, 0.25) is 0 Å². The number of nitrogens with one attached hydrogen (secondary N) is 1. The van der Waals surface area contributed by atoms with Crippen molar-refractivity contribution in [2.45, 2.75) is 38.1 Å². The number of benzene rings is 1. The van der Waals surface area contributed by atoms with Gasteiger partial charge in [0, 0.05) is 31.6 Å². The van der Waals surface area contributed by atoms with E-state index in [4.69, 9.17) is 4.74 Å². The van der Waals surface area contributed by atoms with Gasteiger partial charge in [-0.15, -0.1) is 0 Å². The van der Waals surface area contributed by atoms with Gasteiger partial charge in [0.1, 0.15) is 10.6 Å². The minimum absolute atomic E-state index is 0.0953. The fourth-order valence-electron chi connectivity index (χ4n) is 3.58. The Bertz CT molecular complexity index is 1140. The largest absolute Gasteiger partial charge is 0.383 e. The Balaban J connectivity index is 2.03. The molecular formula is C20H26N4O4S. The molecule has 0 bridgehead atoms. The standard InChI is InChI=1S/C20H26N4O4S/c1-5-15-19(16(6-2)23(3)21-15)29(26,27)22-20(25)18-13-14-9-7-8-10-17(14)24(18)11-12-28-4/h7-10,13H,5-6,11-12H2,1-4H3,(H,22,25). The van der Waals surface area contributed by atoms with Crippen LogP contribution in [0.5, 0.6) is 0 Å². The lowest BCUT2D eigenvalue weighted by Gasteiger charge is -2.12. The molecule has 2 heterocycles. The van der Waals surface area contributed by atoms with Crippen molar-refractivity contribution >= 4 is 26.8 Å². The van der Waals surface area contributed by atoms with Gasteiger partial charge in [-0.25, -0.2) is 13.1 Å². The molecule has 0 aliphatic carbocycles. The van der Waals surface area contributed by atoms with Gasteiger partial charge in [-0.1, -0.05) is 32.0 Å². The number of carbonyl (C=O) groups is 1. The Kier molecular flexibility index (Phi) is 6.09. The van der Waals surface area contributed by atoms with Crippen LogP contribution in [-0.4, -0.2) is 42.4 Å². The zero-order valence-corrected chi connectivity index (χ0v) is 17.9. The van der Waals surface area contributed by atoms with Gasteiger partial charge >= 0.3 is 0 Å². The van der Waals surface area contributed by atoms with Crippen LogP contribution in [0, 0.1) is 0 Å². The van der Waals surface area contributed by atoms with E-state index in [1.54, 1.807) is 29.5 Å². The van der Waals surface area contributed by atoms with Crippen molar-refractivity contribution in [1.29, 1.82) is 0 Å². The maximum absolute atomic E-state index is 13.1. The van der Waals surface area contributed by atoms with Crippen molar-refractivity contribution in [2.24, 2.45) is 7.05 Å². The van der Waals surface area contributed by atoms with E-state index in [-0.39, 0.29) is 10.6 Å². The Morgan fingerprint density at radius 1 is 1.21 bits per heavy atom. The molecule has 0 aliphatic heterocycles. The van der Waals surface area contributed by atoms with Crippen molar-refractivity contribution in [3.05, 3.63) is 47.4 Å². The van der Waals surface area contributed by atoms with E-state index in [2.05, 4.69) is 9.82 Å². The van der Waals surface area contributed by atoms with Crippen molar-refractivity contribution in [1.82, 2.24) is 19.1 Å². The van der Waals surface area contributed by atoms with Crippen LogP contribution < -0.4 is 4.72 Å². The number of amides is 1. The molecule has 1 N–H and O–H groups in total. The summed E-state index contributed by atoms with van der Waals surface area (Å²) < 4.78 is 37.0. The molecule has 0 spiro atoms. The summed E-state index contributed by atoms with van der Waals surface area (Å²) in [5.41, 5.74) is 2.13. The second kappa shape index (κ2) is 8.38. The number of rotatable bonds is 8. The number of aryl methyl sites for hydroxylation is 2. The molecule has 0 atom stereocenters. The van der Waals surface area contributed by atoms with Crippen LogP contribution in [0.4, 0.5) is 0 Å². The molecule has 0 aliphatic rings. The molecule has 0 saturated heterocycles. The Morgan fingerprint density at radius 3 is 2.59 bits per heavy atom. The Hall–Kier alpha value is -2.65. The van der Waals surface area contributed by atoms with E-state index in [1.165, 1.54) is 0 Å². The van der Waals surface area contributed by atoms with Gasteiger partial charge in [-0.05, 0) is 25.0 Å². The molecule has 0 radical (unpaired) electrons. The highest BCUT2D eigenvalue weighted by molar-refractivity contribution is 7.90. The molecule has 1 aromatic carbocycles. The summed E-state index contributed by atoms with van der Waals surface area (Å²) in [7, 11) is -0.785. The molecule has 2 aromatic heterocycles. The first-order valence-corrected chi connectivity index (χ1v) is 11.0. The van der Waals surface area contributed by atoms with Crippen LogP contribution >= 0.6 is 0 Å². The summed E-state index contributed by atoms with van der Waals surface area (Å²) in [5.74, 6) is -0.676. The molecule has 3 aromatic rings. The zero-order chi connectivity index (χ0) is 21.2. The highest BCUT2D eigenvalue weighted by Gasteiger charge is 2.29. The molecular weight excluding hydrogens is 392 g/mol. The summed E-state index contributed by atoms with van der Waals surface area (Å²) in [5, 5.41) is 5.16. The van der Waals surface area contributed by atoms with Crippen molar-refractivity contribution in [3.8, 4) is 0 Å². The first kappa shape index (κ1) is 21.1. The second-order valence-corrected chi connectivity index (χ2v) is 8.34. The number of aromatic nitrogens is 3. The van der Waals surface area contributed by atoms with E-state index in [9.17, 15) is 13.2 Å². The van der Waals surface area contributed by atoms with Crippen LogP contribution in [0.3, 0.4) is 0 Å². The van der Waals surface area contributed by atoms with Gasteiger partial charge in [-0.2, -0.15) is 5.10 Å². The van der Waals surface area contributed by atoms with Crippen molar-refractivity contribution in [3.63, 3.8) is 0 Å². The molecule has 0 unspecified atom stereocenters. The number of sulfonamides is 1. The molecule has 9 heteroatoms. The van der Waals surface area contributed by atoms with Crippen molar-refractivity contribution in [2.75, 3.05) is 13.7 Å². The third kappa shape index (κ3) is 3.92. The molecule has 0 fully saturated rings. The van der Waals surface area contributed by atoms with Gasteiger partial charge in [0.25, 0.3) is 15.9 Å². The number of carbonyl (C=O) groups excluding carboxylic acids is 1. The molecule has 156 valence electrons. The van der Waals surface area contributed by atoms with Crippen LogP contribution in [0.1, 0.15) is 35.7 Å². The lowest BCUT2D eigenvalue weighted by molar-refractivity contribution is 0.0970. The van der Waals surface area contributed by atoms with E-state index in [0.717, 1.165) is 10.9 Å². The average Bonchev–Trinajstić information content (AvgIpc) is 3.23. The number of para-hydroxylation sites is 1. The first-order valence-electron chi connectivity index (χ1n) is 9.53. The lowest BCUT2D eigenvalue weighted by atomic mass is 10.2. The lowest BCUT2D eigenvalue weighted by Crippen LogP contribution is -2.33. The highest BCUT2D eigenvalue weighted by atomic mass is 32.2. The number of nitrogens with zero attached hydrogens (tertiary/aromatic N) is 3. The van der Waals surface area contributed by atoms with E-state index in [1.807, 2.05) is 38.1 Å². The predicted molar refractivity (Wildman–Crippen MR) is 110 cm³/mol. The fourth-order valence-corrected chi connectivity index (χ4v) is 5.11. The van der Waals surface area contributed by atoms with Gasteiger partial charge in [0.2, 0.25) is 0 Å². The highest BCUT2D eigenvalue weighted by Crippen LogP contribution is 2.23. The number of hydrogen-bond donors (Lipinski definition) is 1. The fraction of sp³-hybridized carbons (Fsp3) is 0.400. The molecule has 8 nitrogen and oxygen atoms in total. The Labute approximate surface area is 170 Å². The summed E-state index contributed by atoms with van der Waals surface area (Å²) in [6, 6.07) is 9.22. The molecule has 29 heavy (non-hydrogen) atoms. The number of ether oxygens (including phenoxy) is 1. The summed E-state index contributed by atoms with van der Waals surface area (Å²) in [6.07, 6.45) is 0.939. The van der Waals surface area contributed by atoms with Crippen molar-refractivity contribution < 1.29 is 17.9 Å². The third-order valence-electron chi connectivity index (χ3n) is 4.91. The first-order chi connectivity index (χ1) is 13.8. The topological polar surface area (TPSA) is 95.2 Å². The third-order valence-corrected chi connectivity index (χ3v) is 6.38. The van der Waals surface area contributed by atoms with E-state index >= 15 is 0 Å². The number of fused-ring (bicyclic) bond motifs is 1. The molecule has 0 saturated carbocycles. The van der Waals surface area contributed by atoms with Gasteiger partial charge < -0.3 is 9.30 Å². The van der Waals surface area contributed by atoms with Gasteiger partial charge in [0.15, 0.2) is 0 Å². The van der Waals surface area contributed by atoms with Gasteiger partial charge in [0.05, 0.1) is 18.0 Å². The summed E-state index contributed by atoms with van der Waals surface area (Å²) in [6.45, 7) is 4.53. The number of methoxy groups -OCH3 is 1. The minimum atomic E-state index is -4.07. The van der Waals surface area contributed by atoms with E-state index < -0.39 is 15.9 Å². The average molecular weight is 419 g/mol. The monoisotopic (exact) mass is 418 g/mol. The second-order valence-electron chi connectivity index (χ2n) is 6.72. The summed E-state index contributed by atoms with van der Waals surface area (Å²) >= 11 is 0. The quantitative estimate of drug-likeness (QED) is 0.605. The van der Waals surface area contributed by atoms with Crippen LogP contribution in [0.15, 0.2) is 35.2 Å². The van der Waals surface area contributed by atoms with Gasteiger partial charge in [-0.3, -0.25) is 9.48 Å². The number of hydrogen-bond acceptors (Lipinski definition) is 5. The smallest absolute Gasteiger partial charge is 0.281 e. The van der Waals surface area contributed by atoms with Crippen LogP contribution in [0.25, 0.3) is 10.9 Å². The maximum atomic E-state index is 13.1. The molecule has 3 rings (SSSR count). The predicted octanol–water partition coefficient (Wildman–Crippen LogP) is 2.26. The SMILES string of the molecule is CCc1nn(C)c(CC)c1S(=O)(=O)NC(=O)c1cc2ccccc2n1CCOC. The summed E-state index contributed by atoms with van der Waals surface area (Å²) in [4.78, 5) is 13.1. The van der Waals surface area contributed by atoms with Crippen LogP contribution in [-0.2, 0) is 41.2 Å².